The number of nitrogens with one attached hydrogen (secondary N) is 1. The van der Waals surface area contributed by atoms with E-state index in [9.17, 15) is 4.79 Å². The van der Waals surface area contributed by atoms with Gasteiger partial charge in [0.25, 0.3) is 0 Å². The maximum absolute atomic E-state index is 13.3. The molecule has 1 unspecified atom stereocenters. The molecular weight excluding hydrogens is 402 g/mol. The van der Waals surface area contributed by atoms with Crippen LogP contribution in [-0.4, -0.2) is 44.0 Å². The molecule has 32 heavy (non-hydrogen) atoms. The molecule has 1 atom stereocenters. The molecule has 4 aromatic rings. The summed E-state index contributed by atoms with van der Waals surface area (Å²) in [5, 5.41) is 5.30. The normalized spacial score (nSPS) is 16.6. The number of nitrogens with zero attached hydrogens (tertiary/aromatic N) is 4. The molecule has 0 saturated carbocycles. The zero-order valence-corrected chi connectivity index (χ0v) is 18.7. The number of fused-ring (bicyclic) bond motifs is 1. The molecule has 3 aromatic heterocycles. The van der Waals surface area contributed by atoms with Gasteiger partial charge in [-0.1, -0.05) is 11.2 Å². The third-order valence-electron chi connectivity index (χ3n) is 6.37. The van der Waals surface area contributed by atoms with Gasteiger partial charge in [-0.3, -0.25) is 9.78 Å². The average molecular weight is 430 g/mol. The van der Waals surface area contributed by atoms with Gasteiger partial charge < -0.3 is 14.4 Å². The number of hydrogen-bond donors (Lipinski definition) is 1. The van der Waals surface area contributed by atoms with Crippen molar-refractivity contribution in [1.82, 2.24) is 25.0 Å². The van der Waals surface area contributed by atoms with Gasteiger partial charge in [0.1, 0.15) is 0 Å². The standard InChI is InChI=1S/C25H27N5O2/c1-15-10-16(2)23-20(17(3)27-21(23)11-15)12-22(31)30-9-5-7-19(14-30)25-28-24(29-32-25)18-6-4-8-26-13-18/h4,6,8,10-11,13,19,27H,5,7,9,12,14H2,1-3H3. The van der Waals surface area contributed by atoms with Crippen molar-refractivity contribution in [2.24, 2.45) is 0 Å². The number of rotatable bonds is 4. The molecule has 164 valence electrons. The highest BCUT2D eigenvalue weighted by Gasteiger charge is 2.29. The molecule has 1 aromatic carbocycles. The van der Waals surface area contributed by atoms with Crippen molar-refractivity contribution in [3.63, 3.8) is 0 Å². The van der Waals surface area contributed by atoms with Crippen molar-refractivity contribution in [1.29, 1.82) is 0 Å². The van der Waals surface area contributed by atoms with E-state index in [-0.39, 0.29) is 11.8 Å². The van der Waals surface area contributed by atoms with Crippen LogP contribution in [0.2, 0.25) is 0 Å². The number of aromatic nitrogens is 4. The number of pyridine rings is 1. The first-order valence-corrected chi connectivity index (χ1v) is 11.1. The molecule has 5 rings (SSSR count). The van der Waals surface area contributed by atoms with E-state index in [2.05, 4.69) is 53.0 Å². The quantitative estimate of drug-likeness (QED) is 0.516. The molecule has 1 fully saturated rings. The zero-order chi connectivity index (χ0) is 22.2. The first-order valence-electron chi connectivity index (χ1n) is 11.1. The molecule has 0 spiro atoms. The largest absolute Gasteiger partial charge is 0.358 e. The van der Waals surface area contributed by atoms with Crippen molar-refractivity contribution in [3.8, 4) is 11.4 Å². The Morgan fingerprint density at radius 2 is 2.16 bits per heavy atom. The average Bonchev–Trinajstić information content (AvgIpc) is 3.40. The van der Waals surface area contributed by atoms with Crippen molar-refractivity contribution in [2.75, 3.05) is 13.1 Å². The second kappa shape index (κ2) is 8.22. The summed E-state index contributed by atoms with van der Waals surface area (Å²) in [7, 11) is 0. The second-order valence-corrected chi connectivity index (χ2v) is 8.79. The minimum absolute atomic E-state index is 0.0547. The van der Waals surface area contributed by atoms with Crippen LogP contribution < -0.4 is 0 Å². The Hall–Kier alpha value is -3.48. The van der Waals surface area contributed by atoms with E-state index in [0.717, 1.165) is 41.7 Å². The third kappa shape index (κ3) is 3.79. The number of hydrogen-bond acceptors (Lipinski definition) is 5. The summed E-state index contributed by atoms with van der Waals surface area (Å²) in [6, 6.07) is 8.08. The number of aromatic amines is 1. The van der Waals surface area contributed by atoms with Crippen LogP contribution in [0, 0.1) is 20.8 Å². The highest BCUT2D eigenvalue weighted by molar-refractivity contribution is 5.92. The monoisotopic (exact) mass is 429 g/mol. The maximum Gasteiger partial charge on any atom is 0.231 e. The van der Waals surface area contributed by atoms with Gasteiger partial charge in [0, 0.05) is 47.6 Å². The van der Waals surface area contributed by atoms with Crippen LogP contribution >= 0.6 is 0 Å². The highest BCUT2D eigenvalue weighted by Crippen LogP contribution is 2.30. The Balaban J connectivity index is 1.33. The molecular formula is C25H27N5O2. The van der Waals surface area contributed by atoms with Crippen LogP contribution in [0.4, 0.5) is 0 Å². The predicted octanol–water partition coefficient (Wildman–Crippen LogP) is 4.49. The fourth-order valence-corrected chi connectivity index (χ4v) is 4.83. The van der Waals surface area contributed by atoms with Gasteiger partial charge >= 0.3 is 0 Å². The van der Waals surface area contributed by atoms with Crippen molar-refractivity contribution < 1.29 is 9.32 Å². The lowest BCUT2D eigenvalue weighted by Gasteiger charge is -2.31. The lowest BCUT2D eigenvalue weighted by atomic mass is 9.96. The smallest absolute Gasteiger partial charge is 0.231 e. The van der Waals surface area contributed by atoms with Crippen LogP contribution in [0.3, 0.4) is 0 Å². The molecule has 0 aliphatic carbocycles. The van der Waals surface area contributed by atoms with Gasteiger partial charge in [-0.05, 0) is 68.5 Å². The number of likely N-dealkylation sites (tertiary alicyclic amines) is 1. The summed E-state index contributed by atoms with van der Waals surface area (Å²) in [5.41, 5.74) is 6.52. The lowest BCUT2D eigenvalue weighted by Crippen LogP contribution is -2.40. The Kier molecular flexibility index (Phi) is 5.25. The van der Waals surface area contributed by atoms with Gasteiger partial charge in [-0.2, -0.15) is 4.98 Å². The SMILES string of the molecule is Cc1cc(C)c2c(CC(=O)N3CCCC(c4nc(-c5cccnc5)no4)C3)c(C)[nH]c2c1. The summed E-state index contributed by atoms with van der Waals surface area (Å²) >= 11 is 0. The molecule has 1 saturated heterocycles. The van der Waals surface area contributed by atoms with Gasteiger partial charge in [0.05, 0.1) is 12.3 Å². The third-order valence-corrected chi connectivity index (χ3v) is 6.37. The summed E-state index contributed by atoms with van der Waals surface area (Å²) < 4.78 is 5.56. The minimum Gasteiger partial charge on any atom is -0.358 e. The molecule has 1 amide bonds. The number of amides is 1. The summed E-state index contributed by atoms with van der Waals surface area (Å²) in [6.45, 7) is 7.63. The topological polar surface area (TPSA) is 87.9 Å². The molecule has 1 N–H and O–H groups in total. The fourth-order valence-electron chi connectivity index (χ4n) is 4.83. The van der Waals surface area contributed by atoms with Crippen LogP contribution in [0.15, 0.2) is 41.2 Å². The summed E-state index contributed by atoms with van der Waals surface area (Å²) in [4.78, 5) is 27.4. The number of H-pyrrole nitrogens is 1. The molecule has 7 heteroatoms. The van der Waals surface area contributed by atoms with Crippen LogP contribution in [0.25, 0.3) is 22.3 Å². The predicted molar refractivity (Wildman–Crippen MR) is 122 cm³/mol. The second-order valence-electron chi connectivity index (χ2n) is 8.79. The van der Waals surface area contributed by atoms with Crippen molar-refractivity contribution >= 4 is 16.8 Å². The number of carbonyl (C=O) groups excluding carboxylic acids is 1. The first kappa shape index (κ1) is 20.4. The van der Waals surface area contributed by atoms with Crippen LogP contribution in [0.5, 0.6) is 0 Å². The molecule has 1 aliphatic rings. The zero-order valence-electron chi connectivity index (χ0n) is 18.7. The van der Waals surface area contributed by atoms with Crippen molar-refractivity contribution in [2.45, 2.75) is 46.0 Å². The minimum atomic E-state index is 0.0547. The van der Waals surface area contributed by atoms with Gasteiger partial charge in [-0.25, -0.2) is 0 Å². The Labute approximate surface area is 186 Å². The van der Waals surface area contributed by atoms with E-state index in [1.54, 1.807) is 12.4 Å². The molecule has 0 radical (unpaired) electrons. The van der Waals surface area contributed by atoms with E-state index < -0.39 is 0 Å². The highest BCUT2D eigenvalue weighted by atomic mass is 16.5. The van der Waals surface area contributed by atoms with E-state index in [1.807, 2.05) is 17.0 Å². The number of benzene rings is 1. The lowest BCUT2D eigenvalue weighted by molar-refractivity contribution is -0.131. The Bertz CT molecular complexity index is 1270. The summed E-state index contributed by atoms with van der Waals surface area (Å²) in [6.07, 6.45) is 5.69. The van der Waals surface area contributed by atoms with Crippen molar-refractivity contribution in [3.05, 3.63) is 64.9 Å². The fraction of sp³-hybridized carbons (Fsp3) is 0.360. The van der Waals surface area contributed by atoms with E-state index >= 15 is 0 Å². The van der Waals surface area contributed by atoms with Crippen LogP contribution in [0.1, 0.15) is 47.0 Å². The van der Waals surface area contributed by atoms with Gasteiger partial charge in [0.2, 0.25) is 17.6 Å². The molecule has 4 heterocycles. The van der Waals surface area contributed by atoms with Gasteiger partial charge in [-0.15, -0.1) is 0 Å². The number of aryl methyl sites for hydroxylation is 3. The van der Waals surface area contributed by atoms with E-state index in [4.69, 9.17) is 4.52 Å². The van der Waals surface area contributed by atoms with E-state index in [1.165, 1.54) is 16.5 Å². The summed E-state index contributed by atoms with van der Waals surface area (Å²) in [5.74, 6) is 1.33. The molecule has 1 aliphatic heterocycles. The Morgan fingerprint density at radius 3 is 2.97 bits per heavy atom. The molecule has 0 bridgehead atoms. The maximum atomic E-state index is 13.3. The van der Waals surface area contributed by atoms with Crippen LogP contribution in [-0.2, 0) is 11.2 Å². The number of piperidine rings is 1. The number of carbonyl (C=O) groups is 1. The van der Waals surface area contributed by atoms with E-state index in [0.29, 0.717) is 24.7 Å². The first-order chi connectivity index (χ1) is 15.5. The Morgan fingerprint density at radius 1 is 1.28 bits per heavy atom. The molecule has 7 nitrogen and oxygen atoms in total. The van der Waals surface area contributed by atoms with Gasteiger partial charge in [0.15, 0.2) is 0 Å².